The minimum Gasteiger partial charge on any atom is -0.376 e. The van der Waals surface area contributed by atoms with Gasteiger partial charge in [0.1, 0.15) is 0 Å². The van der Waals surface area contributed by atoms with Crippen LogP contribution in [0.3, 0.4) is 0 Å². The number of nitrogens with one attached hydrogen (secondary N) is 1. The van der Waals surface area contributed by atoms with Crippen molar-refractivity contribution in [2.24, 2.45) is 0 Å². The summed E-state index contributed by atoms with van der Waals surface area (Å²) in [5.41, 5.74) is 14.8. The lowest BCUT2D eigenvalue weighted by Crippen LogP contribution is -2.34. The molecule has 7 aromatic rings. The van der Waals surface area contributed by atoms with Crippen molar-refractivity contribution >= 4 is 38.0 Å². The zero-order chi connectivity index (χ0) is 33.9. The third kappa shape index (κ3) is 4.11. The van der Waals surface area contributed by atoms with E-state index in [2.05, 4.69) is 169 Å². The van der Waals surface area contributed by atoms with E-state index in [0.717, 1.165) is 12.8 Å². The Labute approximate surface area is 291 Å². The second kappa shape index (κ2) is 10.3. The molecule has 242 valence electrons. The lowest BCUT2D eigenvalue weighted by molar-refractivity contribution is 0.453. The molecule has 0 aromatic heterocycles. The summed E-state index contributed by atoms with van der Waals surface area (Å²) in [5.74, 6) is 0. The van der Waals surface area contributed by atoms with Crippen LogP contribution in [0.15, 0.2) is 115 Å². The van der Waals surface area contributed by atoms with Crippen LogP contribution in [0.5, 0.6) is 0 Å². The first-order chi connectivity index (χ1) is 23.6. The maximum Gasteiger partial charge on any atom is 0.0620 e. The average molecular weight is 636 g/mol. The van der Waals surface area contributed by atoms with Gasteiger partial charge in [-0.2, -0.15) is 0 Å². The van der Waals surface area contributed by atoms with Crippen LogP contribution >= 0.6 is 0 Å². The van der Waals surface area contributed by atoms with Crippen molar-refractivity contribution < 1.29 is 0 Å². The Bertz CT molecular complexity index is 2490. The van der Waals surface area contributed by atoms with Gasteiger partial charge in [-0.1, -0.05) is 126 Å². The number of rotatable bonds is 5. The van der Waals surface area contributed by atoms with Gasteiger partial charge in [0, 0.05) is 16.5 Å². The molecule has 0 bridgehead atoms. The van der Waals surface area contributed by atoms with Gasteiger partial charge in [-0.25, -0.2) is 0 Å². The molecule has 1 N–H and O–H groups in total. The van der Waals surface area contributed by atoms with Gasteiger partial charge in [-0.15, -0.1) is 0 Å². The minimum atomic E-state index is -0.133. The van der Waals surface area contributed by atoms with E-state index in [4.69, 9.17) is 0 Å². The number of hydrogen-bond acceptors (Lipinski definition) is 1. The predicted molar refractivity (Wildman–Crippen MR) is 211 cm³/mol. The smallest absolute Gasteiger partial charge is 0.0620 e. The van der Waals surface area contributed by atoms with Crippen molar-refractivity contribution in [3.63, 3.8) is 0 Å². The monoisotopic (exact) mass is 635 g/mol. The molecule has 0 unspecified atom stereocenters. The summed E-state index contributed by atoms with van der Waals surface area (Å²) in [4.78, 5) is 0. The van der Waals surface area contributed by atoms with Gasteiger partial charge >= 0.3 is 0 Å². The summed E-state index contributed by atoms with van der Waals surface area (Å²) in [7, 11) is 0. The van der Waals surface area contributed by atoms with E-state index in [-0.39, 0.29) is 16.4 Å². The van der Waals surface area contributed by atoms with Gasteiger partial charge < -0.3 is 5.32 Å². The van der Waals surface area contributed by atoms with Crippen LogP contribution in [0.4, 0.5) is 5.69 Å². The fourth-order valence-corrected chi connectivity index (χ4v) is 9.47. The first-order valence-corrected chi connectivity index (χ1v) is 18.1. The molecule has 1 heteroatoms. The van der Waals surface area contributed by atoms with Crippen LogP contribution in [-0.2, 0) is 16.4 Å². The zero-order valence-corrected chi connectivity index (χ0v) is 29.9. The number of anilines is 1. The normalized spacial score (nSPS) is 15.3. The van der Waals surface area contributed by atoms with E-state index in [0.29, 0.717) is 0 Å². The van der Waals surface area contributed by atoms with E-state index in [9.17, 15) is 0 Å². The second-order valence-corrected chi connectivity index (χ2v) is 15.8. The highest BCUT2D eigenvalue weighted by molar-refractivity contribution is 6.26. The molecule has 0 heterocycles. The largest absolute Gasteiger partial charge is 0.376 e. The van der Waals surface area contributed by atoms with Crippen LogP contribution in [0.25, 0.3) is 54.6 Å². The summed E-state index contributed by atoms with van der Waals surface area (Å²) in [6, 6.07) is 44.2. The average Bonchev–Trinajstić information content (AvgIpc) is 3.48. The third-order valence-electron chi connectivity index (χ3n) is 12.5. The Kier molecular flexibility index (Phi) is 6.36. The van der Waals surface area contributed by atoms with Gasteiger partial charge in [0.15, 0.2) is 0 Å². The molecule has 9 rings (SSSR count). The van der Waals surface area contributed by atoms with Crippen molar-refractivity contribution in [3.05, 3.63) is 149 Å². The minimum absolute atomic E-state index is 0.106. The van der Waals surface area contributed by atoms with Crippen molar-refractivity contribution in [3.8, 4) is 22.3 Å². The fraction of sp³-hybridized carbons (Fsp3) is 0.250. The fourth-order valence-electron chi connectivity index (χ4n) is 9.47. The number of benzene rings is 7. The highest BCUT2D eigenvalue weighted by Gasteiger charge is 2.43. The molecule has 0 amide bonds. The summed E-state index contributed by atoms with van der Waals surface area (Å²) in [5, 5.41) is 12.0. The van der Waals surface area contributed by atoms with Gasteiger partial charge in [0.25, 0.3) is 0 Å². The topological polar surface area (TPSA) is 12.0 Å². The molecule has 2 aliphatic rings. The molecule has 1 nitrogen and oxygen atoms in total. The van der Waals surface area contributed by atoms with Gasteiger partial charge in [-0.05, 0) is 139 Å². The van der Waals surface area contributed by atoms with E-state index >= 15 is 0 Å². The van der Waals surface area contributed by atoms with Crippen molar-refractivity contribution in [2.45, 2.75) is 77.7 Å². The summed E-state index contributed by atoms with van der Waals surface area (Å²) in [6.45, 7) is 16.5. The molecule has 7 aromatic carbocycles. The highest BCUT2D eigenvalue weighted by Crippen LogP contribution is 2.57. The highest BCUT2D eigenvalue weighted by atomic mass is 15.0. The lowest BCUT2D eigenvalue weighted by Gasteiger charge is -2.36. The van der Waals surface area contributed by atoms with E-state index in [1.54, 1.807) is 0 Å². The molecule has 0 saturated carbocycles. The van der Waals surface area contributed by atoms with E-state index in [1.807, 2.05) is 0 Å². The summed E-state index contributed by atoms with van der Waals surface area (Å²) in [6.07, 6.45) is 2.03. The van der Waals surface area contributed by atoms with Crippen LogP contribution < -0.4 is 5.32 Å². The van der Waals surface area contributed by atoms with Crippen molar-refractivity contribution in [1.82, 2.24) is 0 Å². The maximum atomic E-state index is 3.97. The Morgan fingerprint density at radius 2 is 0.918 bits per heavy atom. The zero-order valence-electron chi connectivity index (χ0n) is 29.9. The molecule has 49 heavy (non-hydrogen) atoms. The molecule has 0 spiro atoms. The molecule has 2 aliphatic carbocycles. The Hall–Kier alpha value is -4.88. The lowest BCUT2D eigenvalue weighted by atomic mass is 9.77. The Morgan fingerprint density at radius 3 is 1.47 bits per heavy atom. The molecular formula is C48H45N. The van der Waals surface area contributed by atoms with Gasteiger partial charge in [0.05, 0.1) is 5.54 Å². The summed E-state index contributed by atoms with van der Waals surface area (Å²) < 4.78 is 0. The number of hydrogen-bond donors (Lipinski definition) is 1. The Morgan fingerprint density at radius 1 is 0.469 bits per heavy atom. The van der Waals surface area contributed by atoms with Crippen LogP contribution in [0.2, 0.25) is 0 Å². The molecule has 0 atom stereocenters. The first-order valence-electron chi connectivity index (χ1n) is 18.1. The molecular weight excluding hydrogens is 591 g/mol. The van der Waals surface area contributed by atoms with Crippen molar-refractivity contribution in [2.75, 3.05) is 5.32 Å². The Balaban J connectivity index is 1.21. The number of fused-ring (bicyclic) bond motifs is 12. The molecule has 0 aliphatic heterocycles. The quantitative estimate of drug-likeness (QED) is 0.186. The first kappa shape index (κ1) is 30.2. The van der Waals surface area contributed by atoms with Crippen molar-refractivity contribution in [1.29, 1.82) is 0 Å². The molecule has 0 radical (unpaired) electrons. The van der Waals surface area contributed by atoms with Gasteiger partial charge in [-0.3, -0.25) is 0 Å². The van der Waals surface area contributed by atoms with Gasteiger partial charge in [0.2, 0.25) is 0 Å². The van der Waals surface area contributed by atoms with Crippen LogP contribution in [-0.4, -0.2) is 0 Å². The summed E-state index contributed by atoms with van der Waals surface area (Å²) >= 11 is 0. The third-order valence-corrected chi connectivity index (χ3v) is 12.5. The molecule has 0 fully saturated rings. The van der Waals surface area contributed by atoms with Crippen LogP contribution in [0.1, 0.15) is 87.8 Å². The van der Waals surface area contributed by atoms with E-state index in [1.165, 1.54) is 93.6 Å². The predicted octanol–water partition coefficient (Wildman–Crippen LogP) is 13.2. The number of aryl methyl sites for hydroxylation is 1. The van der Waals surface area contributed by atoms with Crippen LogP contribution in [0, 0.1) is 6.92 Å². The van der Waals surface area contributed by atoms with E-state index < -0.39 is 0 Å². The molecule has 0 saturated heterocycles. The second-order valence-electron chi connectivity index (χ2n) is 15.8. The SMILES string of the molecule is CCC(CC)(Nc1ccc(C)cc1)c1ccc2c(c1)C(C)(C)c1cc3c(cc1-2)C(C)(C)c1cc2c4ccccc4c4ccccc4c2cc1-3. The standard InChI is InChI=1S/C48H45N/c1-8-48(9-2,49-31-21-18-29(3)19-22-31)30-20-23-36-40-27-45-41(28-44(40)46(4,5)42(36)24-30)39-25-37-34-16-12-10-14-32(34)33-15-11-13-17-35(33)38(37)26-43(39)47(45,6)7/h10-28,49H,8-9H2,1-7H3. The maximum absolute atomic E-state index is 3.97.